The summed E-state index contributed by atoms with van der Waals surface area (Å²) in [5, 5.41) is 3.36. The van der Waals surface area contributed by atoms with Crippen molar-refractivity contribution in [2.75, 3.05) is 7.05 Å². The molecule has 1 aliphatic carbocycles. The first-order chi connectivity index (χ1) is 8.26. The minimum absolute atomic E-state index is 0.00876. The molecule has 0 saturated heterocycles. The maximum Gasteiger partial charge on any atom is 0.167 e. The third-order valence-electron chi connectivity index (χ3n) is 3.72. The van der Waals surface area contributed by atoms with E-state index in [-0.39, 0.29) is 11.3 Å². The van der Waals surface area contributed by atoms with Crippen LogP contribution in [-0.4, -0.2) is 28.3 Å². The maximum absolute atomic E-state index is 12.2. The Balaban J connectivity index is 2.06. The van der Waals surface area contributed by atoms with Gasteiger partial charge in [0.1, 0.15) is 6.33 Å². The molecule has 0 amide bonds. The number of carbonyl (C=O) groups excluding carboxylic acids is 1. The Bertz CT molecular complexity index is 372. The van der Waals surface area contributed by atoms with Crippen LogP contribution in [0.2, 0.25) is 0 Å². The molecular formula is C13H19N3O. The van der Waals surface area contributed by atoms with Crippen LogP contribution in [0, 0.1) is 0 Å². The first-order valence-corrected chi connectivity index (χ1v) is 6.23. The molecular weight excluding hydrogens is 214 g/mol. The van der Waals surface area contributed by atoms with Gasteiger partial charge in [-0.3, -0.25) is 4.79 Å². The maximum atomic E-state index is 12.2. The number of aromatic nitrogens is 2. The number of carbonyl (C=O) groups is 1. The molecule has 17 heavy (non-hydrogen) atoms. The zero-order chi connectivity index (χ0) is 12.1. The fraction of sp³-hybridized carbons (Fsp3) is 0.615. The van der Waals surface area contributed by atoms with Crippen LogP contribution in [-0.2, 0) is 0 Å². The van der Waals surface area contributed by atoms with Gasteiger partial charge in [-0.25, -0.2) is 9.97 Å². The van der Waals surface area contributed by atoms with Crippen LogP contribution < -0.4 is 5.32 Å². The van der Waals surface area contributed by atoms with Gasteiger partial charge in [-0.05, 0) is 19.9 Å². The van der Waals surface area contributed by atoms with E-state index in [1.165, 1.54) is 25.6 Å². The normalized spacial score (nSPS) is 18.9. The van der Waals surface area contributed by atoms with Crippen molar-refractivity contribution >= 4 is 5.78 Å². The number of nitrogens with zero attached hydrogens (tertiary/aromatic N) is 2. The second-order valence-electron chi connectivity index (χ2n) is 4.82. The molecule has 1 aliphatic rings. The summed E-state index contributed by atoms with van der Waals surface area (Å²) in [5.74, 6) is 0.141. The second-order valence-corrected chi connectivity index (χ2v) is 4.82. The van der Waals surface area contributed by atoms with E-state index in [1.807, 2.05) is 7.05 Å². The Kier molecular flexibility index (Phi) is 3.84. The van der Waals surface area contributed by atoms with Gasteiger partial charge in [-0.15, -0.1) is 0 Å². The molecule has 4 heteroatoms. The van der Waals surface area contributed by atoms with Crippen molar-refractivity contribution in [2.24, 2.45) is 0 Å². The molecule has 1 aromatic rings. The predicted molar refractivity (Wildman–Crippen MR) is 65.9 cm³/mol. The molecule has 0 radical (unpaired) electrons. The minimum Gasteiger partial charge on any atom is -0.314 e. The molecule has 92 valence electrons. The van der Waals surface area contributed by atoms with E-state index < -0.39 is 0 Å². The molecule has 4 nitrogen and oxygen atoms in total. The number of rotatable bonds is 4. The lowest BCUT2D eigenvalue weighted by Gasteiger charge is -2.36. The van der Waals surface area contributed by atoms with Gasteiger partial charge in [0, 0.05) is 24.4 Å². The lowest BCUT2D eigenvalue weighted by atomic mass is 9.78. The third kappa shape index (κ3) is 2.88. The van der Waals surface area contributed by atoms with Gasteiger partial charge >= 0.3 is 0 Å². The Morgan fingerprint density at radius 3 is 2.53 bits per heavy atom. The van der Waals surface area contributed by atoms with E-state index in [0.29, 0.717) is 12.0 Å². The summed E-state index contributed by atoms with van der Waals surface area (Å²) >= 11 is 0. The second kappa shape index (κ2) is 5.36. The number of Topliss-reactive ketones (excluding diaryl/α,β-unsaturated/α-hetero) is 1. The van der Waals surface area contributed by atoms with Crippen LogP contribution in [0.25, 0.3) is 0 Å². The third-order valence-corrected chi connectivity index (χ3v) is 3.72. The van der Waals surface area contributed by atoms with E-state index >= 15 is 0 Å². The topological polar surface area (TPSA) is 54.9 Å². The molecule has 0 unspecified atom stereocenters. The average molecular weight is 233 g/mol. The fourth-order valence-corrected chi connectivity index (χ4v) is 2.60. The standard InChI is InChI=1S/C13H19N3O/c1-14-13(5-3-2-4-6-13)7-12(17)11-8-15-10-16-9-11/h8-10,14H,2-7H2,1H3. The van der Waals surface area contributed by atoms with Gasteiger partial charge in [0.05, 0.1) is 5.56 Å². The number of ketones is 1. The monoisotopic (exact) mass is 233 g/mol. The van der Waals surface area contributed by atoms with Crippen molar-refractivity contribution in [3.63, 3.8) is 0 Å². The van der Waals surface area contributed by atoms with E-state index in [4.69, 9.17) is 0 Å². The van der Waals surface area contributed by atoms with Crippen LogP contribution in [0.5, 0.6) is 0 Å². The van der Waals surface area contributed by atoms with Gasteiger partial charge in [0.15, 0.2) is 5.78 Å². The predicted octanol–water partition coefficient (Wildman–Crippen LogP) is 1.97. The van der Waals surface area contributed by atoms with E-state index in [0.717, 1.165) is 12.8 Å². The Labute approximate surface area is 102 Å². The summed E-state index contributed by atoms with van der Waals surface area (Å²) in [6.07, 6.45) is 11.1. The molecule has 1 heterocycles. The zero-order valence-corrected chi connectivity index (χ0v) is 10.3. The summed E-state index contributed by atoms with van der Waals surface area (Å²) in [4.78, 5) is 19.9. The summed E-state index contributed by atoms with van der Waals surface area (Å²) in [7, 11) is 1.96. The highest BCUT2D eigenvalue weighted by Crippen LogP contribution is 2.31. The molecule has 1 saturated carbocycles. The molecule has 1 fully saturated rings. The summed E-state index contributed by atoms with van der Waals surface area (Å²) in [5.41, 5.74) is 0.609. The van der Waals surface area contributed by atoms with Crippen LogP contribution >= 0.6 is 0 Å². The smallest absolute Gasteiger partial charge is 0.167 e. The zero-order valence-electron chi connectivity index (χ0n) is 10.3. The first kappa shape index (κ1) is 12.2. The van der Waals surface area contributed by atoms with Crippen molar-refractivity contribution < 1.29 is 4.79 Å². The quantitative estimate of drug-likeness (QED) is 0.808. The van der Waals surface area contributed by atoms with Crippen molar-refractivity contribution in [1.29, 1.82) is 0 Å². The van der Waals surface area contributed by atoms with Gasteiger partial charge in [-0.2, -0.15) is 0 Å². The molecule has 0 spiro atoms. The van der Waals surface area contributed by atoms with Crippen LogP contribution in [0.4, 0.5) is 0 Å². The molecule has 1 aromatic heterocycles. The van der Waals surface area contributed by atoms with Crippen LogP contribution in [0.3, 0.4) is 0 Å². The van der Waals surface area contributed by atoms with Gasteiger partial charge in [-0.1, -0.05) is 19.3 Å². The summed E-state index contributed by atoms with van der Waals surface area (Å²) in [6, 6.07) is 0. The molecule has 2 rings (SSSR count). The van der Waals surface area contributed by atoms with E-state index in [9.17, 15) is 4.79 Å². The molecule has 1 N–H and O–H groups in total. The highest BCUT2D eigenvalue weighted by Gasteiger charge is 2.32. The molecule has 0 bridgehead atoms. The number of hydrogen-bond acceptors (Lipinski definition) is 4. The molecule has 0 aromatic carbocycles. The van der Waals surface area contributed by atoms with Gasteiger partial charge in [0.25, 0.3) is 0 Å². The Hall–Kier alpha value is -1.29. The largest absolute Gasteiger partial charge is 0.314 e. The Morgan fingerprint density at radius 1 is 1.29 bits per heavy atom. The van der Waals surface area contributed by atoms with E-state index in [1.54, 1.807) is 12.4 Å². The Morgan fingerprint density at radius 2 is 1.94 bits per heavy atom. The van der Waals surface area contributed by atoms with Crippen molar-refractivity contribution in [2.45, 2.75) is 44.1 Å². The fourth-order valence-electron chi connectivity index (χ4n) is 2.60. The SMILES string of the molecule is CNC1(CC(=O)c2cncnc2)CCCCC1. The van der Waals surface area contributed by atoms with Crippen LogP contribution in [0.1, 0.15) is 48.9 Å². The van der Waals surface area contributed by atoms with Crippen molar-refractivity contribution in [3.8, 4) is 0 Å². The van der Waals surface area contributed by atoms with E-state index in [2.05, 4.69) is 15.3 Å². The lowest BCUT2D eigenvalue weighted by molar-refractivity contribution is 0.0914. The van der Waals surface area contributed by atoms with Gasteiger partial charge < -0.3 is 5.32 Å². The van der Waals surface area contributed by atoms with Crippen LogP contribution in [0.15, 0.2) is 18.7 Å². The number of hydrogen-bond donors (Lipinski definition) is 1. The molecule has 0 atom stereocenters. The minimum atomic E-state index is -0.00876. The molecule has 0 aliphatic heterocycles. The highest BCUT2D eigenvalue weighted by molar-refractivity contribution is 5.96. The average Bonchev–Trinajstić information content (AvgIpc) is 2.41. The van der Waals surface area contributed by atoms with Gasteiger partial charge in [0.2, 0.25) is 0 Å². The number of nitrogens with one attached hydrogen (secondary N) is 1. The summed E-state index contributed by atoms with van der Waals surface area (Å²) < 4.78 is 0. The lowest BCUT2D eigenvalue weighted by Crippen LogP contribution is -2.46. The first-order valence-electron chi connectivity index (χ1n) is 6.23. The summed E-state index contributed by atoms with van der Waals surface area (Å²) in [6.45, 7) is 0. The highest BCUT2D eigenvalue weighted by atomic mass is 16.1. The van der Waals surface area contributed by atoms with Crippen molar-refractivity contribution in [3.05, 3.63) is 24.3 Å². The van der Waals surface area contributed by atoms with Crippen molar-refractivity contribution in [1.82, 2.24) is 15.3 Å².